The first-order valence-corrected chi connectivity index (χ1v) is 12.3. The standard InChI is InChI=1S/C23H31N5O2S/c1-4-6-14-27-21(30)18-12-7-8-13-19(18)28-22(27)24-25-23(28)31-16(3)20(29)26-15-10-9-11-17(26)5-2/h7-8,12-13,16-17H,4-6,9-11,14-15H2,1-3H3. The summed E-state index contributed by atoms with van der Waals surface area (Å²) in [7, 11) is 0. The van der Waals surface area contributed by atoms with Gasteiger partial charge in [-0.2, -0.15) is 0 Å². The molecule has 2 atom stereocenters. The van der Waals surface area contributed by atoms with E-state index in [1.165, 1.54) is 18.2 Å². The second-order valence-electron chi connectivity index (χ2n) is 8.30. The van der Waals surface area contributed by atoms with Gasteiger partial charge in [0.2, 0.25) is 11.7 Å². The van der Waals surface area contributed by atoms with E-state index in [4.69, 9.17) is 0 Å². The fourth-order valence-electron chi connectivity index (χ4n) is 4.48. The van der Waals surface area contributed by atoms with Gasteiger partial charge in [0.15, 0.2) is 5.16 Å². The van der Waals surface area contributed by atoms with Crippen LogP contribution in [0.25, 0.3) is 16.7 Å². The molecule has 0 spiro atoms. The van der Waals surface area contributed by atoms with E-state index in [2.05, 4.69) is 28.9 Å². The number of aromatic nitrogens is 4. The zero-order valence-electron chi connectivity index (χ0n) is 18.6. The van der Waals surface area contributed by atoms with Crippen LogP contribution in [0.5, 0.6) is 0 Å². The predicted molar refractivity (Wildman–Crippen MR) is 125 cm³/mol. The van der Waals surface area contributed by atoms with Crippen molar-refractivity contribution in [2.75, 3.05) is 6.54 Å². The highest BCUT2D eigenvalue weighted by Crippen LogP contribution is 2.28. The summed E-state index contributed by atoms with van der Waals surface area (Å²) in [5.41, 5.74) is 0.746. The average molecular weight is 442 g/mol. The van der Waals surface area contributed by atoms with Crippen LogP contribution in [0.15, 0.2) is 34.2 Å². The molecule has 0 bridgehead atoms. The number of benzene rings is 1. The highest BCUT2D eigenvalue weighted by molar-refractivity contribution is 8.00. The van der Waals surface area contributed by atoms with Crippen LogP contribution < -0.4 is 5.56 Å². The Labute approximate surface area is 186 Å². The van der Waals surface area contributed by atoms with Gasteiger partial charge >= 0.3 is 0 Å². The zero-order chi connectivity index (χ0) is 22.0. The maximum atomic E-state index is 13.2. The number of unbranched alkanes of at least 4 members (excludes halogenated alkanes) is 1. The van der Waals surface area contributed by atoms with Crippen molar-refractivity contribution in [2.24, 2.45) is 0 Å². The SMILES string of the molecule is CCCCn1c(=O)c2ccccc2n2c(SC(C)C(=O)N3CCCCC3CC)nnc12. The molecule has 3 aromatic rings. The van der Waals surface area contributed by atoms with Gasteiger partial charge in [-0.3, -0.25) is 18.6 Å². The van der Waals surface area contributed by atoms with Crippen LogP contribution in [0.1, 0.15) is 59.3 Å². The second kappa shape index (κ2) is 9.42. The average Bonchev–Trinajstić information content (AvgIpc) is 3.22. The summed E-state index contributed by atoms with van der Waals surface area (Å²) in [5.74, 6) is 0.709. The topological polar surface area (TPSA) is 72.5 Å². The van der Waals surface area contributed by atoms with Crippen molar-refractivity contribution >= 4 is 34.3 Å². The molecular formula is C23H31N5O2S. The summed E-state index contributed by atoms with van der Waals surface area (Å²) in [6, 6.07) is 7.90. The Bertz CT molecular complexity index is 1140. The summed E-state index contributed by atoms with van der Waals surface area (Å²) in [4.78, 5) is 28.4. The maximum absolute atomic E-state index is 13.2. The first kappa shape index (κ1) is 21.9. The first-order valence-electron chi connectivity index (χ1n) is 11.4. The fourth-order valence-corrected chi connectivity index (χ4v) is 5.41. The molecule has 7 nitrogen and oxygen atoms in total. The Morgan fingerprint density at radius 3 is 2.81 bits per heavy atom. The molecule has 166 valence electrons. The Kier molecular flexibility index (Phi) is 6.65. The van der Waals surface area contributed by atoms with Gasteiger partial charge in [0.1, 0.15) is 0 Å². The lowest BCUT2D eigenvalue weighted by atomic mass is 10.00. The Morgan fingerprint density at radius 2 is 2.03 bits per heavy atom. The molecule has 1 saturated heterocycles. The number of likely N-dealkylation sites (tertiary alicyclic amines) is 1. The summed E-state index contributed by atoms with van der Waals surface area (Å²) >= 11 is 1.43. The van der Waals surface area contributed by atoms with Gasteiger partial charge in [-0.1, -0.05) is 44.2 Å². The van der Waals surface area contributed by atoms with Gasteiger partial charge in [0.25, 0.3) is 5.56 Å². The molecule has 1 amide bonds. The molecule has 2 aromatic heterocycles. The summed E-state index contributed by atoms with van der Waals surface area (Å²) in [6.45, 7) is 7.65. The van der Waals surface area contributed by atoms with Crippen molar-refractivity contribution in [3.63, 3.8) is 0 Å². The number of hydrogen-bond donors (Lipinski definition) is 0. The highest BCUT2D eigenvalue weighted by Gasteiger charge is 2.30. The number of carbonyl (C=O) groups excluding carboxylic acids is 1. The monoisotopic (exact) mass is 441 g/mol. The minimum atomic E-state index is -0.269. The highest BCUT2D eigenvalue weighted by atomic mass is 32.2. The van der Waals surface area contributed by atoms with Crippen molar-refractivity contribution in [3.8, 4) is 0 Å². The molecule has 1 aromatic carbocycles. The van der Waals surface area contributed by atoms with Crippen LogP contribution in [0, 0.1) is 0 Å². The third-order valence-electron chi connectivity index (χ3n) is 6.22. The predicted octanol–water partition coefficient (Wildman–Crippen LogP) is 4.12. The number of aryl methyl sites for hydroxylation is 1. The molecule has 4 rings (SSSR count). The minimum Gasteiger partial charge on any atom is -0.339 e. The largest absolute Gasteiger partial charge is 0.339 e. The maximum Gasteiger partial charge on any atom is 0.262 e. The van der Waals surface area contributed by atoms with Gasteiger partial charge in [0.05, 0.1) is 16.2 Å². The molecule has 2 unspecified atom stereocenters. The van der Waals surface area contributed by atoms with Crippen molar-refractivity contribution in [3.05, 3.63) is 34.6 Å². The van der Waals surface area contributed by atoms with Crippen molar-refractivity contribution < 1.29 is 4.79 Å². The molecule has 0 saturated carbocycles. The molecule has 0 N–H and O–H groups in total. The number of amides is 1. The molecule has 3 heterocycles. The number of fused-ring (bicyclic) bond motifs is 3. The van der Waals surface area contributed by atoms with E-state index in [0.29, 0.717) is 28.9 Å². The normalized spacial score (nSPS) is 18.0. The Hall–Kier alpha value is -2.35. The van der Waals surface area contributed by atoms with Crippen LogP contribution >= 0.6 is 11.8 Å². The zero-order valence-corrected chi connectivity index (χ0v) is 19.4. The van der Waals surface area contributed by atoms with Crippen molar-refractivity contribution in [2.45, 2.75) is 82.3 Å². The molecule has 1 fully saturated rings. The molecule has 1 aliphatic rings. The van der Waals surface area contributed by atoms with Gasteiger partial charge in [-0.05, 0) is 51.2 Å². The van der Waals surface area contributed by atoms with Crippen LogP contribution in [-0.4, -0.2) is 47.8 Å². The number of piperidine rings is 1. The lowest BCUT2D eigenvalue weighted by Gasteiger charge is -2.36. The van der Waals surface area contributed by atoms with Crippen LogP contribution in [0.4, 0.5) is 0 Å². The summed E-state index contributed by atoms with van der Waals surface area (Å²) in [5, 5.41) is 9.81. The molecule has 31 heavy (non-hydrogen) atoms. The van der Waals surface area contributed by atoms with Gasteiger partial charge in [-0.15, -0.1) is 10.2 Å². The van der Waals surface area contributed by atoms with Crippen LogP contribution in [0.2, 0.25) is 0 Å². The Morgan fingerprint density at radius 1 is 1.23 bits per heavy atom. The smallest absolute Gasteiger partial charge is 0.262 e. The van der Waals surface area contributed by atoms with Crippen LogP contribution in [-0.2, 0) is 11.3 Å². The van der Waals surface area contributed by atoms with Crippen molar-refractivity contribution in [1.29, 1.82) is 0 Å². The van der Waals surface area contributed by atoms with E-state index in [9.17, 15) is 9.59 Å². The van der Waals surface area contributed by atoms with E-state index in [0.717, 1.165) is 44.2 Å². The molecule has 1 aliphatic heterocycles. The van der Waals surface area contributed by atoms with E-state index < -0.39 is 0 Å². The number of para-hydroxylation sites is 1. The summed E-state index contributed by atoms with van der Waals surface area (Å²) in [6.07, 6.45) is 6.22. The second-order valence-corrected chi connectivity index (χ2v) is 9.60. The van der Waals surface area contributed by atoms with E-state index in [1.807, 2.05) is 35.6 Å². The summed E-state index contributed by atoms with van der Waals surface area (Å²) < 4.78 is 3.65. The molecule has 0 radical (unpaired) electrons. The molecular weight excluding hydrogens is 410 g/mol. The number of thioether (sulfide) groups is 1. The number of nitrogens with zero attached hydrogens (tertiary/aromatic N) is 5. The third-order valence-corrected chi connectivity index (χ3v) is 7.26. The Balaban J connectivity index is 1.72. The number of hydrogen-bond acceptors (Lipinski definition) is 5. The van der Waals surface area contributed by atoms with Crippen LogP contribution in [0.3, 0.4) is 0 Å². The number of rotatable bonds is 7. The van der Waals surface area contributed by atoms with Gasteiger partial charge < -0.3 is 4.90 Å². The third kappa shape index (κ3) is 4.10. The fraction of sp³-hybridized carbons (Fsp3) is 0.565. The molecule has 8 heteroatoms. The minimum absolute atomic E-state index is 0.0382. The lowest BCUT2D eigenvalue weighted by molar-refractivity contribution is -0.134. The van der Waals surface area contributed by atoms with E-state index >= 15 is 0 Å². The van der Waals surface area contributed by atoms with Gasteiger partial charge in [-0.25, -0.2) is 0 Å². The lowest BCUT2D eigenvalue weighted by Crippen LogP contribution is -2.46. The van der Waals surface area contributed by atoms with E-state index in [1.54, 1.807) is 4.57 Å². The van der Waals surface area contributed by atoms with Crippen molar-refractivity contribution in [1.82, 2.24) is 24.1 Å². The molecule has 0 aliphatic carbocycles. The number of carbonyl (C=O) groups is 1. The van der Waals surface area contributed by atoms with Gasteiger partial charge in [0, 0.05) is 19.1 Å². The quantitative estimate of drug-likeness (QED) is 0.516. The van der Waals surface area contributed by atoms with E-state index in [-0.39, 0.29) is 16.7 Å². The first-order chi connectivity index (χ1) is 15.1.